The van der Waals surface area contributed by atoms with Gasteiger partial charge in [0.2, 0.25) is 0 Å². The molecule has 9 heteroatoms. The van der Waals surface area contributed by atoms with Gasteiger partial charge in [0.15, 0.2) is 6.61 Å². The van der Waals surface area contributed by atoms with Gasteiger partial charge in [-0.3, -0.25) is 15.2 Å². The second kappa shape index (κ2) is 8.77. The van der Waals surface area contributed by atoms with E-state index in [1.165, 1.54) is 17.4 Å². The first-order valence-electron chi connectivity index (χ1n) is 8.00. The highest BCUT2D eigenvalue weighted by Gasteiger charge is 2.15. The first-order valence-corrected chi connectivity index (χ1v) is 8.88. The van der Waals surface area contributed by atoms with Crippen LogP contribution in [0.4, 0.5) is 4.79 Å². The summed E-state index contributed by atoms with van der Waals surface area (Å²) in [6, 6.07) is 13.9. The summed E-state index contributed by atoms with van der Waals surface area (Å²) in [7, 11) is 0. The molecule has 0 aliphatic rings. The van der Waals surface area contributed by atoms with E-state index in [0.29, 0.717) is 12.2 Å². The van der Waals surface area contributed by atoms with Crippen LogP contribution in [0.3, 0.4) is 0 Å². The van der Waals surface area contributed by atoms with Gasteiger partial charge in [0.1, 0.15) is 5.69 Å². The van der Waals surface area contributed by atoms with Crippen molar-refractivity contribution in [3.8, 4) is 11.3 Å². The fourth-order valence-electron chi connectivity index (χ4n) is 2.18. The van der Waals surface area contributed by atoms with Crippen molar-refractivity contribution in [3.05, 3.63) is 64.5 Å². The Morgan fingerprint density at radius 1 is 1.11 bits per heavy atom. The second-order valence-corrected chi connectivity index (χ2v) is 6.45. The van der Waals surface area contributed by atoms with Crippen molar-refractivity contribution in [1.29, 1.82) is 0 Å². The molecule has 0 fully saturated rings. The zero-order valence-electron chi connectivity index (χ0n) is 14.1. The average molecular weight is 384 g/mol. The predicted molar refractivity (Wildman–Crippen MR) is 99.0 cm³/mol. The third-order valence-electron chi connectivity index (χ3n) is 3.46. The molecular formula is C18H16N4O4S. The lowest BCUT2D eigenvalue weighted by molar-refractivity contribution is -0.123. The lowest BCUT2D eigenvalue weighted by Crippen LogP contribution is -2.41. The van der Waals surface area contributed by atoms with Crippen molar-refractivity contribution < 1.29 is 19.1 Å². The molecule has 0 aliphatic carbocycles. The van der Waals surface area contributed by atoms with Gasteiger partial charge >= 0.3 is 12.0 Å². The first-order chi connectivity index (χ1) is 13.1. The third kappa shape index (κ3) is 5.25. The maximum Gasteiger partial charge on any atom is 0.356 e. The van der Waals surface area contributed by atoms with E-state index >= 15 is 0 Å². The van der Waals surface area contributed by atoms with E-state index in [0.717, 1.165) is 10.4 Å². The largest absolute Gasteiger partial charge is 0.451 e. The van der Waals surface area contributed by atoms with Gasteiger partial charge in [-0.1, -0.05) is 36.4 Å². The molecule has 138 valence electrons. The number of nitrogens with one attached hydrogen (secondary N) is 3. The number of aromatic nitrogens is 2. The van der Waals surface area contributed by atoms with Crippen molar-refractivity contribution in [2.24, 2.45) is 0 Å². The summed E-state index contributed by atoms with van der Waals surface area (Å²) in [5, 5.41) is 13.1. The van der Waals surface area contributed by atoms with Crippen LogP contribution < -0.4 is 10.6 Å². The molecule has 1 aromatic carbocycles. The van der Waals surface area contributed by atoms with Crippen molar-refractivity contribution >= 4 is 29.2 Å². The summed E-state index contributed by atoms with van der Waals surface area (Å²) in [6.45, 7) is -0.266. The van der Waals surface area contributed by atoms with Crippen LogP contribution in [0.2, 0.25) is 0 Å². The van der Waals surface area contributed by atoms with Crippen LogP contribution in [0.25, 0.3) is 11.3 Å². The predicted octanol–water partition coefficient (Wildman–Crippen LogP) is 2.32. The maximum atomic E-state index is 12.0. The molecule has 0 radical (unpaired) electrons. The van der Waals surface area contributed by atoms with Crippen molar-refractivity contribution in [1.82, 2.24) is 20.8 Å². The molecule has 3 rings (SSSR count). The number of aromatic amines is 1. The van der Waals surface area contributed by atoms with Crippen LogP contribution in [0, 0.1) is 0 Å². The SMILES string of the molecule is O=C(COC(=O)c1cc(-c2ccccc2)n[nH]1)NC(=O)NCc1cccs1. The number of carbonyl (C=O) groups excluding carboxylic acids is 3. The highest BCUT2D eigenvalue weighted by Crippen LogP contribution is 2.17. The lowest BCUT2D eigenvalue weighted by atomic mass is 10.1. The lowest BCUT2D eigenvalue weighted by Gasteiger charge is -2.06. The molecule has 2 heterocycles. The minimum Gasteiger partial charge on any atom is -0.451 e. The van der Waals surface area contributed by atoms with E-state index < -0.39 is 24.5 Å². The maximum absolute atomic E-state index is 12.0. The van der Waals surface area contributed by atoms with E-state index in [-0.39, 0.29) is 5.69 Å². The Bertz CT molecular complexity index is 922. The van der Waals surface area contributed by atoms with Crippen LogP contribution in [0.1, 0.15) is 15.4 Å². The number of hydrogen-bond acceptors (Lipinski definition) is 6. The van der Waals surface area contributed by atoms with Crippen molar-refractivity contribution in [2.75, 3.05) is 6.61 Å². The summed E-state index contributed by atoms with van der Waals surface area (Å²) >= 11 is 1.49. The number of amides is 3. The molecule has 0 atom stereocenters. The molecule has 0 aliphatic heterocycles. The van der Waals surface area contributed by atoms with Crippen molar-refractivity contribution in [2.45, 2.75) is 6.54 Å². The van der Waals surface area contributed by atoms with Crippen LogP contribution >= 0.6 is 11.3 Å². The van der Waals surface area contributed by atoms with Crippen molar-refractivity contribution in [3.63, 3.8) is 0 Å². The molecule has 3 amide bonds. The number of benzene rings is 1. The van der Waals surface area contributed by atoms with Gasteiger partial charge in [0.05, 0.1) is 12.2 Å². The molecule has 3 aromatic rings. The Morgan fingerprint density at radius 2 is 1.93 bits per heavy atom. The van der Waals surface area contributed by atoms with Gasteiger partial charge in [-0.15, -0.1) is 11.3 Å². The van der Waals surface area contributed by atoms with E-state index in [1.54, 1.807) is 0 Å². The van der Waals surface area contributed by atoms with E-state index in [1.807, 2.05) is 47.8 Å². The fourth-order valence-corrected chi connectivity index (χ4v) is 2.82. The minimum atomic E-state index is -0.737. The normalized spacial score (nSPS) is 10.2. The monoisotopic (exact) mass is 384 g/mol. The number of thiophene rings is 1. The van der Waals surface area contributed by atoms with Crippen LogP contribution in [0.5, 0.6) is 0 Å². The van der Waals surface area contributed by atoms with Crippen LogP contribution in [-0.2, 0) is 16.1 Å². The summed E-state index contributed by atoms with van der Waals surface area (Å²) < 4.78 is 4.89. The molecule has 2 aromatic heterocycles. The minimum absolute atomic E-state index is 0.115. The average Bonchev–Trinajstić information content (AvgIpc) is 3.37. The summed E-state index contributed by atoms with van der Waals surface area (Å²) in [6.07, 6.45) is 0. The highest BCUT2D eigenvalue weighted by molar-refractivity contribution is 7.09. The smallest absolute Gasteiger partial charge is 0.356 e. The molecule has 0 spiro atoms. The van der Waals surface area contributed by atoms with Gasteiger partial charge in [-0.05, 0) is 17.5 Å². The Kier molecular flexibility index (Phi) is 5.95. The standard InChI is InChI=1S/C18H16N4O4S/c23-16(20-18(25)19-10-13-7-4-8-27-13)11-26-17(24)15-9-14(21-22-15)12-5-2-1-3-6-12/h1-9H,10-11H2,(H,21,22)(H2,19,20,23,25). The Morgan fingerprint density at radius 3 is 2.67 bits per heavy atom. The molecule has 0 saturated carbocycles. The van der Waals surface area contributed by atoms with Gasteiger partial charge < -0.3 is 10.1 Å². The number of imide groups is 1. The number of nitrogens with zero attached hydrogens (tertiary/aromatic N) is 1. The number of hydrogen-bond donors (Lipinski definition) is 3. The van der Waals surface area contributed by atoms with E-state index in [9.17, 15) is 14.4 Å². The fraction of sp³-hybridized carbons (Fsp3) is 0.111. The Balaban J connectivity index is 1.44. The number of H-pyrrole nitrogens is 1. The van der Waals surface area contributed by atoms with E-state index in [4.69, 9.17) is 4.74 Å². The van der Waals surface area contributed by atoms with Crippen LogP contribution in [-0.4, -0.2) is 34.7 Å². The molecule has 0 bridgehead atoms. The van der Waals surface area contributed by atoms with Gasteiger partial charge in [0, 0.05) is 10.4 Å². The number of esters is 1. The summed E-state index contributed by atoms with van der Waals surface area (Å²) in [4.78, 5) is 36.3. The van der Waals surface area contributed by atoms with E-state index in [2.05, 4.69) is 20.8 Å². The van der Waals surface area contributed by atoms with Gasteiger partial charge in [-0.2, -0.15) is 5.10 Å². The number of carbonyl (C=O) groups is 3. The quantitative estimate of drug-likeness (QED) is 0.565. The zero-order valence-corrected chi connectivity index (χ0v) is 14.9. The number of rotatable bonds is 6. The molecule has 0 saturated heterocycles. The van der Waals surface area contributed by atoms with Crippen LogP contribution in [0.15, 0.2) is 53.9 Å². The molecular weight excluding hydrogens is 368 g/mol. The van der Waals surface area contributed by atoms with Gasteiger partial charge in [-0.25, -0.2) is 9.59 Å². The molecule has 0 unspecified atom stereocenters. The first kappa shape index (κ1) is 18.3. The number of urea groups is 1. The Hall–Kier alpha value is -3.46. The van der Waals surface area contributed by atoms with Gasteiger partial charge in [0.25, 0.3) is 5.91 Å². The topological polar surface area (TPSA) is 113 Å². The Labute approximate surface area is 158 Å². The number of ether oxygens (including phenoxy) is 1. The zero-order chi connectivity index (χ0) is 19.1. The molecule has 8 nitrogen and oxygen atoms in total. The third-order valence-corrected chi connectivity index (χ3v) is 4.33. The summed E-state index contributed by atoms with van der Waals surface area (Å²) in [5.41, 5.74) is 1.54. The highest BCUT2D eigenvalue weighted by atomic mass is 32.1. The molecule has 27 heavy (non-hydrogen) atoms. The summed E-state index contributed by atoms with van der Waals surface area (Å²) in [5.74, 6) is -1.46. The second-order valence-electron chi connectivity index (χ2n) is 5.42. The molecule has 3 N–H and O–H groups in total.